The fraction of sp³-hybridized carbons (Fsp3) is 0.182. The highest BCUT2D eigenvalue weighted by Crippen LogP contribution is 2.28. The number of amides is 1. The molecule has 0 saturated carbocycles. The van der Waals surface area contributed by atoms with Crippen molar-refractivity contribution in [2.24, 2.45) is 0 Å². The lowest BCUT2D eigenvalue weighted by Crippen LogP contribution is -2.26. The highest BCUT2D eigenvalue weighted by molar-refractivity contribution is 7.98. The van der Waals surface area contributed by atoms with Gasteiger partial charge in [-0.25, -0.2) is 0 Å². The molecule has 0 unspecified atom stereocenters. The molecule has 3 aromatic rings. The highest BCUT2D eigenvalue weighted by atomic mass is 32.2. The number of rotatable bonds is 7. The van der Waals surface area contributed by atoms with Gasteiger partial charge in [0, 0.05) is 29.3 Å². The molecule has 0 spiro atoms. The van der Waals surface area contributed by atoms with E-state index in [1.807, 2.05) is 54.8 Å². The van der Waals surface area contributed by atoms with Gasteiger partial charge in [0.25, 0.3) is 11.5 Å². The summed E-state index contributed by atoms with van der Waals surface area (Å²) in [7, 11) is 1.63. The Balaban J connectivity index is 1.70. The Morgan fingerprint density at radius 3 is 2.54 bits per heavy atom. The number of carbonyl (C=O) groups is 1. The summed E-state index contributed by atoms with van der Waals surface area (Å²) in [6.45, 7) is 0.833. The summed E-state index contributed by atoms with van der Waals surface area (Å²) in [4.78, 5) is 25.8. The molecule has 0 aliphatic carbocycles. The summed E-state index contributed by atoms with van der Waals surface area (Å²) in [5, 5.41) is 2.83. The van der Waals surface area contributed by atoms with E-state index in [-0.39, 0.29) is 11.5 Å². The molecular formula is C22H22N2O3S. The molecule has 6 heteroatoms. The van der Waals surface area contributed by atoms with Gasteiger partial charge in [0.05, 0.1) is 13.7 Å². The molecule has 0 aliphatic heterocycles. The van der Waals surface area contributed by atoms with Gasteiger partial charge in [0.1, 0.15) is 5.75 Å². The van der Waals surface area contributed by atoms with Gasteiger partial charge in [-0.2, -0.15) is 0 Å². The van der Waals surface area contributed by atoms with Gasteiger partial charge in [-0.05, 0) is 35.6 Å². The molecule has 0 atom stereocenters. The minimum Gasteiger partial charge on any atom is -0.496 e. The Kier molecular flexibility index (Phi) is 6.55. The number of thioether (sulfide) groups is 1. The van der Waals surface area contributed by atoms with Gasteiger partial charge in [-0.15, -0.1) is 11.8 Å². The molecule has 28 heavy (non-hydrogen) atoms. The minimum atomic E-state index is -0.265. The van der Waals surface area contributed by atoms with Crippen molar-refractivity contribution in [3.8, 4) is 5.75 Å². The normalized spacial score (nSPS) is 10.5. The van der Waals surface area contributed by atoms with E-state index < -0.39 is 0 Å². The number of ether oxygens (including phenoxy) is 1. The zero-order valence-electron chi connectivity index (χ0n) is 15.8. The van der Waals surface area contributed by atoms with Gasteiger partial charge in [0.2, 0.25) is 0 Å². The average molecular weight is 394 g/mol. The van der Waals surface area contributed by atoms with Gasteiger partial charge >= 0.3 is 0 Å². The van der Waals surface area contributed by atoms with Crippen LogP contribution in [0.25, 0.3) is 0 Å². The highest BCUT2D eigenvalue weighted by Gasteiger charge is 2.09. The quantitative estimate of drug-likeness (QED) is 0.623. The summed E-state index contributed by atoms with van der Waals surface area (Å²) in [5.41, 5.74) is 2.10. The first-order chi connectivity index (χ1) is 13.6. The number of benzene rings is 2. The number of carbonyl (C=O) groups excluding carboxylic acids is 1. The summed E-state index contributed by atoms with van der Waals surface area (Å²) in [6, 6.07) is 18.6. The second-order valence-corrected chi connectivity index (χ2v) is 7.09. The topological polar surface area (TPSA) is 60.3 Å². The zero-order chi connectivity index (χ0) is 19.9. The molecule has 0 radical (unpaired) electrons. The fourth-order valence-corrected chi connectivity index (χ4v) is 3.38. The van der Waals surface area contributed by atoms with Crippen molar-refractivity contribution >= 4 is 17.7 Å². The number of hydrogen-bond acceptors (Lipinski definition) is 4. The second-order valence-electron chi connectivity index (χ2n) is 6.24. The molecule has 1 amide bonds. The van der Waals surface area contributed by atoms with Crippen molar-refractivity contribution in [3.63, 3.8) is 0 Å². The van der Waals surface area contributed by atoms with Crippen LogP contribution >= 0.6 is 11.8 Å². The van der Waals surface area contributed by atoms with E-state index in [2.05, 4.69) is 5.32 Å². The Hall–Kier alpha value is -2.99. The first-order valence-corrected chi connectivity index (χ1v) is 10.1. The van der Waals surface area contributed by atoms with Gasteiger partial charge in [-0.3, -0.25) is 9.59 Å². The van der Waals surface area contributed by atoms with Crippen molar-refractivity contribution in [3.05, 3.63) is 93.9 Å². The van der Waals surface area contributed by atoms with Gasteiger partial charge < -0.3 is 14.6 Å². The van der Waals surface area contributed by atoms with Crippen LogP contribution in [0.3, 0.4) is 0 Å². The Morgan fingerprint density at radius 1 is 1.07 bits per heavy atom. The molecular weight excluding hydrogens is 372 g/mol. The van der Waals surface area contributed by atoms with Crippen LogP contribution < -0.4 is 15.6 Å². The van der Waals surface area contributed by atoms with Crippen molar-refractivity contribution in [2.75, 3.05) is 13.4 Å². The van der Waals surface area contributed by atoms with Crippen LogP contribution in [0.2, 0.25) is 0 Å². The molecule has 5 nitrogen and oxygen atoms in total. The van der Waals surface area contributed by atoms with Crippen molar-refractivity contribution in [1.82, 2.24) is 9.88 Å². The van der Waals surface area contributed by atoms with Crippen LogP contribution in [-0.2, 0) is 13.1 Å². The standard InChI is InChI=1S/C22H22N2O3S/c1-27-19-12-17(8-9-20(19)28-2)15-24-11-10-18(13-21(24)25)22(26)23-14-16-6-4-3-5-7-16/h3-13H,14-15H2,1-2H3,(H,23,26). The second kappa shape index (κ2) is 9.28. The summed E-state index contributed by atoms with van der Waals surface area (Å²) >= 11 is 1.61. The number of aromatic nitrogens is 1. The van der Waals surface area contributed by atoms with Crippen LogP contribution in [0, 0.1) is 0 Å². The maximum absolute atomic E-state index is 12.4. The van der Waals surface area contributed by atoms with E-state index in [9.17, 15) is 9.59 Å². The lowest BCUT2D eigenvalue weighted by Gasteiger charge is -2.11. The third kappa shape index (κ3) is 4.84. The predicted molar refractivity (Wildman–Crippen MR) is 112 cm³/mol. The monoisotopic (exact) mass is 394 g/mol. The maximum atomic E-state index is 12.4. The van der Waals surface area contributed by atoms with E-state index in [4.69, 9.17) is 4.74 Å². The number of nitrogens with one attached hydrogen (secondary N) is 1. The van der Waals surface area contributed by atoms with Gasteiger partial charge in [0.15, 0.2) is 0 Å². The molecule has 0 saturated heterocycles. The van der Waals surface area contributed by atoms with E-state index in [0.29, 0.717) is 18.7 Å². The van der Waals surface area contributed by atoms with Crippen LogP contribution in [-0.4, -0.2) is 23.8 Å². The van der Waals surface area contributed by atoms with Crippen LogP contribution in [0.5, 0.6) is 5.75 Å². The number of methoxy groups -OCH3 is 1. The van der Waals surface area contributed by atoms with Crippen molar-refractivity contribution in [1.29, 1.82) is 0 Å². The SMILES string of the molecule is COc1cc(Cn2ccc(C(=O)NCc3ccccc3)cc2=O)ccc1SC. The van der Waals surface area contributed by atoms with Crippen molar-refractivity contribution in [2.45, 2.75) is 18.0 Å². The summed E-state index contributed by atoms with van der Waals surface area (Å²) in [5.74, 6) is 0.522. The number of nitrogens with zero attached hydrogens (tertiary/aromatic N) is 1. The number of pyridine rings is 1. The van der Waals surface area contributed by atoms with Crippen LogP contribution in [0.4, 0.5) is 0 Å². The van der Waals surface area contributed by atoms with Crippen LogP contribution in [0.1, 0.15) is 21.5 Å². The summed E-state index contributed by atoms with van der Waals surface area (Å²) < 4.78 is 6.97. The fourth-order valence-electron chi connectivity index (χ4n) is 2.84. The molecule has 0 bridgehead atoms. The first kappa shape index (κ1) is 19.8. The maximum Gasteiger partial charge on any atom is 0.251 e. The predicted octanol–water partition coefficient (Wildman–Crippen LogP) is 3.56. The van der Waals surface area contributed by atoms with E-state index in [1.165, 1.54) is 6.07 Å². The number of hydrogen-bond donors (Lipinski definition) is 1. The van der Waals surface area contributed by atoms with Gasteiger partial charge in [-0.1, -0.05) is 36.4 Å². The largest absolute Gasteiger partial charge is 0.496 e. The molecule has 1 heterocycles. The molecule has 144 valence electrons. The average Bonchev–Trinajstić information content (AvgIpc) is 2.74. The lowest BCUT2D eigenvalue weighted by atomic mass is 10.2. The Morgan fingerprint density at radius 2 is 1.86 bits per heavy atom. The Bertz CT molecular complexity index is 1020. The molecule has 0 fully saturated rings. The molecule has 1 N–H and O–H groups in total. The third-order valence-electron chi connectivity index (χ3n) is 4.36. The van der Waals surface area contributed by atoms with E-state index in [1.54, 1.807) is 35.7 Å². The lowest BCUT2D eigenvalue weighted by molar-refractivity contribution is 0.0950. The summed E-state index contributed by atoms with van der Waals surface area (Å²) in [6.07, 6.45) is 3.64. The molecule has 0 aliphatic rings. The van der Waals surface area contributed by atoms with Crippen LogP contribution in [0.15, 0.2) is 76.6 Å². The van der Waals surface area contributed by atoms with E-state index >= 15 is 0 Å². The molecule has 2 aromatic carbocycles. The smallest absolute Gasteiger partial charge is 0.251 e. The minimum absolute atomic E-state index is 0.222. The van der Waals surface area contributed by atoms with Crippen molar-refractivity contribution < 1.29 is 9.53 Å². The Labute approximate surface area is 168 Å². The molecule has 3 rings (SSSR count). The third-order valence-corrected chi connectivity index (χ3v) is 5.13. The van der Waals surface area contributed by atoms with E-state index in [0.717, 1.165) is 21.8 Å². The molecule has 1 aromatic heterocycles. The zero-order valence-corrected chi connectivity index (χ0v) is 16.7. The first-order valence-electron chi connectivity index (χ1n) is 8.84.